The highest BCUT2D eigenvalue weighted by atomic mass is 16.5. The molecule has 0 fully saturated rings. The van der Waals surface area contributed by atoms with Gasteiger partial charge >= 0.3 is 12.1 Å². The van der Waals surface area contributed by atoms with E-state index in [0.29, 0.717) is 0 Å². The van der Waals surface area contributed by atoms with Gasteiger partial charge in [-0.25, -0.2) is 9.59 Å². The van der Waals surface area contributed by atoms with Crippen molar-refractivity contribution in [1.29, 1.82) is 0 Å². The van der Waals surface area contributed by atoms with Crippen LogP contribution in [0.3, 0.4) is 0 Å². The van der Waals surface area contributed by atoms with Crippen molar-refractivity contribution >= 4 is 18.0 Å². The maximum Gasteiger partial charge on any atom is 0.407 e. The number of alkyl carbamates (subject to hydrolysis) is 1. The fourth-order valence-corrected chi connectivity index (χ4v) is 4.32. The summed E-state index contributed by atoms with van der Waals surface area (Å²) < 4.78 is 5.55. The fraction of sp³-hybridized carbons (Fsp3) is 0.444. The highest BCUT2D eigenvalue weighted by Gasteiger charge is 2.34. The number of fused-ring (bicyclic) bond motifs is 3. The van der Waals surface area contributed by atoms with Crippen molar-refractivity contribution in [2.24, 2.45) is 10.8 Å². The van der Waals surface area contributed by atoms with Crippen LogP contribution in [0.1, 0.15) is 58.1 Å². The molecule has 0 saturated carbocycles. The van der Waals surface area contributed by atoms with Gasteiger partial charge in [-0.2, -0.15) is 0 Å². The molecule has 2 aromatic carbocycles. The molecular weight excluding hydrogens is 432 g/mol. The second-order valence-electron chi connectivity index (χ2n) is 10.7. The lowest BCUT2D eigenvalue weighted by Crippen LogP contribution is -2.50. The molecule has 0 aromatic heterocycles. The Labute approximate surface area is 200 Å². The van der Waals surface area contributed by atoms with Gasteiger partial charge in [-0.1, -0.05) is 83.1 Å². The molecule has 0 spiro atoms. The molecular formula is C27H34N2O5. The van der Waals surface area contributed by atoms with Crippen molar-refractivity contribution in [2.45, 2.75) is 53.0 Å². The Morgan fingerprint density at radius 2 is 1.47 bits per heavy atom. The Kier molecular flexibility index (Phi) is 7.34. The summed E-state index contributed by atoms with van der Waals surface area (Å²) >= 11 is 0. The van der Waals surface area contributed by atoms with E-state index in [9.17, 15) is 19.5 Å². The van der Waals surface area contributed by atoms with Crippen molar-refractivity contribution in [3.8, 4) is 11.1 Å². The topological polar surface area (TPSA) is 105 Å². The van der Waals surface area contributed by atoms with Crippen molar-refractivity contribution in [1.82, 2.24) is 10.6 Å². The minimum absolute atomic E-state index is 0.0257. The second kappa shape index (κ2) is 9.87. The predicted octanol–water partition coefficient (Wildman–Crippen LogP) is 4.56. The van der Waals surface area contributed by atoms with Crippen molar-refractivity contribution in [3.05, 3.63) is 59.7 Å². The Morgan fingerprint density at radius 1 is 0.941 bits per heavy atom. The van der Waals surface area contributed by atoms with E-state index >= 15 is 0 Å². The van der Waals surface area contributed by atoms with Gasteiger partial charge < -0.3 is 20.5 Å². The molecule has 1 atom stereocenters. The Morgan fingerprint density at radius 3 is 1.97 bits per heavy atom. The van der Waals surface area contributed by atoms with Crippen LogP contribution in [-0.4, -0.2) is 42.3 Å². The first-order valence-corrected chi connectivity index (χ1v) is 11.5. The van der Waals surface area contributed by atoms with E-state index in [-0.39, 0.29) is 31.4 Å². The summed E-state index contributed by atoms with van der Waals surface area (Å²) in [5, 5.41) is 14.8. The molecule has 1 aliphatic rings. The van der Waals surface area contributed by atoms with Crippen molar-refractivity contribution < 1.29 is 24.2 Å². The number of hydrogen-bond acceptors (Lipinski definition) is 4. The first-order valence-electron chi connectivity index (χ1n) is 11.5. The van der Waals surface area contributed by atoms with Crippen LogP contribution >= 0.6 is 0 Å². The molecule has 2 aromatic rings. The van der Waals surface area contributed by atoms with Crippen LogP contribution in [0.25, 0.3) is 11.1 Å². The SMILES string of the molecule is CC(C)(CNC(=O)OCC1c2ccccc2-c2ccccc21)CC(=O)N[C@H](C(=O)O)C(C)(C)C. The second-order valence-corrected chi connectivity index (χ2v) is 10.7. The number of ether oxygens (including phenoxy) is 1. The molecule has 7 nitrogen and oxygen atoms in total. The van der Waals surface area contributed by atoms with Crippen LogP contribution in [0, 0.1) is 10.8 Å². The summed E-state index contributed by atoms with van der Waals surface area (Å²) in [6, 6.07) is 15.3. The molecule has 0 heterocycles. The number of carboxylic acid groups (broad SMARTS) is 1. The third kappa shape index (κ3) is 5.95. The Hall–Kier alpha value is -3.35. The molecule has 0 aliphatic heterocycles. The molecule has 0 radical (unpaired) electrons. The zero-order chi connectivity index (χ0) is 25.1. The molecule has 7 heteroatoms. The number of aliphatic carboxylic acids is 1. The van der Waals surface area contributed by atoms with Gasteiger partial charge in [-0.05, 0) is 33.1 Å². The molecule has 3 N–H and O–H groups in total. The summed E-state index contributed by atoms with van der Waals surface area (Å²) in [6.45, 7) is 9.38. The first kappa shape index (κ1) is 25.3. The average molecular weight is 467 g/mol. The molecule has 3 rings (SSSR count). The van der Waals surface area contributed by atoms with E-state index in [2.05, 4.69) is 34.9 Å². The summed E-state index contributed by atoms with van der Waals surface area (Å²) in [5.74, 6) is -1.47. The lowest BCUT2D eigenvalue weighted by molar-refractivity contribution is -0.145. The van der Waals surface area contributed by atoms with Crippen LogP contribution < -0.4 is 10.6 Å². The molecule has 2 amide bonds. The number of carboxylic acids is 1. The zero-order valence-electron chi connectivity index (χ0n) is 20.5. The zero-order valence-corrected chi connectivity index (χ0v) is 20.5. The summed E-state index contributed by atoms with van der Waals surface area (Å²) in [7, 11) is 0. The lowest BCUT2D eigenvalue weighted by Gasteiger charge is -2.30. The average Bonchev–Trinajstić information content (AvgIpc) is 3.07. The number of benzene rings is 2. The minimum atomic E-state index is -1.07. The van der Waals surface area contributed by atoms with Crippen LogP contribution in [0.5, 0.6) is 0 Å². The highest BCUT2D eigenvalue weighted by Crippen LogP contribution is 2.44. The van der Waals surface area contributed by atoms with Crippen molar-refractivity contribution in [3.63, 3.8) is 0 Å². The lowest BCUT2D eigenvalue weighted by atomic mass is 9.85. The first-order chi connectivity index (χ1) is 15.9. The predicted molar refractivity (Wildman–Crippen MR) is 130 cm³/mol. The van der Waals surface area contributed by atoms with Gasteiger partial charge in [0.05, 0.1) is 0 Å². The number of hydrogen-bond donors (Lipinski definition) is 3. The highest BCUT2D eigenvalue weighted by molar-refractivity contribution is 5.84. The molecule has 0 saturated heterocycles. The smallest absolute Gasteiger partial charge is 0.407 e. The Balaban J connectivity index is 1.53. The van der Waals surface area contributed by atoms with E-state index in [4.69, 9.17) is 4.74 Å². The molecule has 34 heavy (non-hydrogen) atoms. The Bertz CT molecular complexity index is 1030. The summed E-state index contributed by atoms with van der Waals surface area (Å²) in [4.78, 5) is 36.4. The van der Waals surface area contributed by atoms with Crippen LogP contribution in [0.4, 0.5) is 4.79 Å². The van der Waals surface area contributed by atoms with E-state index in [1.807, 2.05) is 38.1 Å². The van der Waals surface area contributed by atoms with E-state index < -0.39 is 28.9 Å². The minimum Gasteiger partial charge on any atom is -0.480 e. The monoisotopic (exact) mass is 466 g/mol. The number of nitrogens with one attached hydrogen (secondary N) is 2. The van der Waals surface area contributed by atoms with E-state index in [1.54, 1.807) is 20.8 Å². The van der Waals surface area contributed by atoms with E-state index in [0.717, 1.165) is 22.3 Å². The van der Waals surface area contributed by atoms with Gasteiger partial charge in [-0.3, -0.25) is 4.79 Å². The number of carbonyl (C=O) groups excluding carboxylic acids is 2. The van der Waals surface area contributed by atoms with Gasteiger partial charge in [0.1, 0.15) is 12.6 Å². The van der Waals surface area contributed by atoms with Crippen LogP contribution in [0.15, 0.2) is 48.5 Å². The fourth-order valence-electron chi connectivity index (χ4n) is 4.32. The van der Waals surface area contributed by atoms with Crippen molar-refractivity contribution in [2.75, 3.05) is 13.2 Å². The maximum atomic E-state index is 12.5. The van der Waals surface area contributed by atoms with Gasteiger partial charge in [0, 0.05) is 18.9 Å². The van der Waals surface area contributed by atoms with Gasteiger partial charge in [-0.15, -0.1) is 0 Å². The molecule has 1 aliphatic carbocycles. The largest absolute Gasteiger partial charge is 0.480 e. The summed E-state index contributed by atoms with van der Waals surface area (Å²) in [5.41, 5.74) is 3.39. The third-order valence-electron chi connectivity index (χ3n) is 6.11. The van der Waals surface area contributed by atoms with Crippen LogP contribution in [0.2, 0.25) is 0 Å². The maximum absolute atomic E-state index is 12.5. The number of carbonyl (C=O) groups is 3. The number of rotatable bonds is 8. The van der Waals surface area contributed by atoms with Gasteiger partial charge in [0.25, 0.3) is 0 Å². The molecule has 0 unspecified atom stereocenters. The normalized spacial score (nSPS) is 14.0. The van der Waals surface area contributed by atoms with Gasteiger partial charge in [0.15, 0.2) is 0 Å². The third-order valence-corrected chi connectivity index (χ3v) is 6.11. The van der Waals surface area contributed by atoms with Crippen LogP contribution in [-0.2, 0) is 14.3 Å². The van der Waals surface area contributed by atoms with E-state index in [1.165, 1.54) is 0 Å². The van der Waals surface area contributed by atoms with Gasteiger partial charge in [0.2, 0.25) is 5.91 Å². The summed E-state index contributed by atoms with van der Waals surface area (Å²) in [6.07, 6.45) is -0.482. The molecule has 182 valence electrons. The standard InChI is InChI=1S/C27H34N2O5/c1-26(2,3)23(24(31)32)29-22(30)14-27(4,5)16-28-25(33)34-15-21-19-12-8-6-10-17(19)18-11-7-9-13-20(18)21/h6-13,21,23H,14-16H2,1-5H3,(H,28,33)(H,29,30)(H,31,32)/t23-/m1/s1. The quantitative estimate of drug-likeness (QED) is 0.529. The number of amides is 2. The molecule has 0 bridgehead atoms.